The highest BCUT2D eigenvalue weighted by atomic mass is 32.2. The molecule has 0 spiro atoms. The van der Waals surface area contributed by atoms with E-state index in [1.165, 1.54) is 23.9 Å². The van der Waals surface area contributed by atoms with E-state index in [4.69, 9.17) is 4.52 Å². The van der Waals surface area contributed by atoms with Crippen LogP contribution in [0.5, 0.6) is 0 Å². The van der Waals surface area contributed by atoms with E-state index < -0.39 is 0 Å². The third-order valence-electron chi connectivity index (χ3n) is 3.66. The first-order valence-corrected chi connectivity index (χ1v) is 9.63. The first-order valence-electron chi connectivity index (χ1n) is 7.76. The Morgan fingerprint density at radius 3 is 2.92 bits per heavy atom. The molecule has 26 heavy (non-hydrogen) atoms. The summed E-state index contributed by atoms with van der Waals surface area (Å²) >= 11 is 3.09. The number of aromatic nitrogens is 5. The fourth-order valence-corrected chi connectivity index (χ4v) is 3.98. The second-order valence-electron chi connectivity index (χ2n) is 5.66. The van der Waals surface area contributed by atoms with Crippen molar-refractivity contribution in [1.29, 1.82) is 0 Å². The Bertz CT molecular complexity index is 1020. The SMILES string of the molecule is Cc1cc(F)cc(-c2nc(CSc3nnc(-c4cccs4)n3C)no2)c1. The molecule has 4 aromatic rings. The van der Waals surface area contributed by atoms with Crippen LogP contribution in [-0.2, 0) is 12.8 Å². The summed E-state index contributed by atoms with van der Waals surface area (Å²) in [5, 5.41) is 15.2. The molecule has 4 rings (SSSR count). The van der Waals surface area contributed by atoms with Gasteiger partial charge in [-0.1, -0.05) is 23.0 Å². The maximum absolute atomic E-state index is 13.5. The van der Waals surface area contributed by atoms with E-state index in [1.54, 1.807) is 11.3 Å². The van der Waals surface area contributed by atoms with E-state index in [-0.39, 0.29) is 5.82 Å². The Morgan fingerprint density at radius 1 is 1.27 bits per heavy atom. The maximum Gasteiger partial charge on any atom is 0.258 e. The van der Waals surface area contributed by atoms with Gasteiger partial charge in [0, 0.05) is 12.6 Å². The van der Waals surface area contributed by atoms with Gasteiger partial charge in [-0.2, -0.15) is 4.98 Å². The molecule has 0 aliphatic carbocycles. The van der Waals surface area contributed by atoms with Gasteiger partial charge in [-0.15, -0.1) is 21.5 Å². The molecule has 0 fully saturated rings. The van der Waals surface area contributed by atoms with Gasteiger partial charge < -0.3 is 9.09 Å². The number of rotatable bonds is 5. The third kappa shape index (κ3) is 3.40. The Kier molecular flexibility index (Phi) is 4.56. The molecule has 1 aromatic carbocycles. The monoisotopic (exact) mass is 387 g/mol. The van der Waals surface area contributed by atoms with Crippen LogP contribution in [0.3, 0.4) is 0 Å². The lowest BCUT2D eigenvalue weighted by Crippen LogP contribution is -1.94. The lowest BCUT2D eigenvalue weighted by molar-refractivity contribution is 0.425. The van der Waals surface area contributed by atoms with Crippen molar-refractivity contribution in [3.63, 3.8) is 0 Å². The predicted octanol–water partition coefficient (Wildman–Crippen LogP) is 4.33. The van der Waals surface area contributed by atoms with Crippen molar-refractivity contribution < 1.29 is 8.91 Å². The molecule has 0 saturated heterocycles. The van der Waals surface area contributed by atoms with Gasteiger partial charge in [-0.3, -0.25) is 0 Å². The molecule has 0 N–H and O–H groups in total. The van der Waals surface area contributed by atoms with Crippen molar-refractivity contribution in [2.45, 2.75) is 17.8 Å². The maximum atomic E-state index is 13.5. The van der Waals surface area contributed by atoms with Gasteiger partial charge in [0.05, 0.1) is 10.6 Å². The highest BCUT2D eigenvalue weighted by molar-refractivity contribution is 7.98. The molecule has 0 aliphatic rings. The summed E-state index contributed by atoms with van der Waals surface area (Å²) in [4.78, 5) is 5.41. The first kappa shape index (κ1) is 16.9. The summed E-state index contributed by atoms with van der Waals surface area (Å²) in [7, 11) is 1.93. The zero-order chi connectivity index (χ0) is 18.1. The van der Waals surface area contributed by atoms with Gasteiger partial charge in [0.1, 0.15) is 5.82 Å². The van der Waals surface area contributed by atoms with E-state index in [9.17, 15) is 4.39 Å². The number of nitrogens with zero attached hydrogens (tertiary/aromatic N) is 5. The van der Waals surface area contributed by atoms with E-state index in [0.717, 1.165) is 21.4 Å². The number of hydrogen-bond acceptors (Lipinski definition) is 7. The first-order chi connectivity index (χ1) is 12.6. The minimum Gasteiger partial charge on any atom is -0.334 e. The van der Waals surface area contributed by atoms with Crippen LogP contribution in [-0.4, -0.2) is 24.9 Å². The van der Waals surface area contributed by atoms with Crippen molar-refractivity contribution in [3.05, 3.63) is 52.9 Å². The molecule has 9 heteroatoms. The normalized spacial score (nSPS) is 11.2. The summed E-state index contributed by atoms with van der Waals surface area (Å²) in [6.07, 6.45) is 0. The van der Waals surface area contributed by atoms with E-state index in [0.29, 0.717) is 23.0 Å². The predicted molar refractivity (Wildman–Crippen MR) is 98.3 cm³/mol. The quantitative estimate of drug-likeness (QED) is 0.475. The lowest BCUT2D eigenvalue weighted by Gasteiger charge is -2.00. The highest BCUT2D eigenvalue weighted by Gasteiger charge is 2.15. The standard InChI is InChI=1S/C17H14FN5OS2/c1-10-6-11(8-12(18)7-10)16-19-14(22-24-16)9-26-17-21-20-15(23(17)2)13-4-3-5-25-13/h3-8H,9H2,1-2H3. The van der Waals surface area contributed by atoms with Crippen LogP contribution in [0.4, 0.5) is 4.39 Å². The molecular formula is C17H14FN5OS2. The van der Waals surface area contributed by atoms with Crippen LogP contribution < -0.4 is 0 Å². The second kappa shape index (κ2) is 7.00. The van der Waals surface area contributed by atoms with Crippen LogP contribution in [0.25, 0.3) is 22.2 Å². The van der Waals surface area contributed by atoms with Gasteiger partial charge in [0.2, 0.25) is 0 Å². The zero-order valence-corrected chi connectivity index (χ0v) is 15.6. The Labute approximate surface area is 157 Å². The molecule has 0 radical (unpaired) electrons. The fourth-order valence-electron chi connectivity index (χ4n) is 2.48. The summed E-state index contributed by atoms with van der Waals surface area (Å²) < 4.78 is 20.7. The largest absolute Gasteiger partial charge is 0.334 e. The molecule has 0 amide bonds. The number of hydrogen-bond donors (Lipinski definition) is 0. The average Bonchev–Trinajstić information content (AvgIpc) is 3.33. The highest BCUT2D eigenvalue weighted by Crippen LogP contribution is 2.28. The summed E-state index contributed by atoms with van der Waals surface area (Å²) in [5.74, 6) is 1.81. The zero-order valence-electron chi connectivity index (χ0n) is 14.0. The lowest BCUT2D eigenvalue weighted by atomic mass is 10.1. The van der Waals surface area contributed by atoms with Gasteiger partial charge >= 0.3 is 0 Å². The van der Waals surface area contributed by atoms with Gasteiger partial charge in [0.25, 0.3) is 5.89 Å². The van der Waals surface area contributed by atoms with Crippen molar-refractivity contribution in [2.75, 3.05) is 0 Å². The van der Waals surface area contributed by atoms with E-state index in [1.807, 2.05) is 42.1 Å². The number of benzene rings is 1. The third-order valence-corrected chi connectivity index (χ3v) is 5.55. The molecule has 3 heterocycles. The van der Waals surface area contributed by atoms with Crippen molar-refractivity contribution in [1.82, 2.24) is 24.9 Å². The van der Waals surface area contributed by atoms with E-state index in [2.05, 4.69) is 20.3 Å². The van der Waals surface area contributed by atoms with Crippen LogP contribution in [0.15, 0.2) is 45.4 Å². The summed E-state index contributed by atoms with van der Waals surface area (Å²) in [5.41, 5.74) is 1.37. The molecule has 6 nitrogen and oxygen atoms in total. The molecule has 0 unspecified atom stereocenters. The van der Waals surface area contributed by atoms with Gasteiger partial charge in [-0.05, 0) is 42.1 Å². The van der Waals surface area contributed by atoms with Crippen molar-refractivity contribution >= 4 is 23.1 Å². The molecular weight excluding hydrogens is 373 g/mol. The van der Waals surface area contributed by atoms with Crippen LogP contribution in [0.1, 0.15) is 11.4 Å². The smallest absolute Gasteiger partial charge is 0.258 e. The molecule has 132 valence electrons. The van der Waals surface area contributed by atoms with Crippen LogP contribution >= 0.6 is 23.1 Å². The molecule has 0 aliphatic heterocycles. The van der Waals surface area contributed by atoms with Gasteiger partial charge in [0.15, 0.2) is 16.8 Å². The Hall–Kier alpha value is -2.52. The average molecular weight is 387 g/mol. The second-order valence-corrected chi connectivity index (χ2v) is 7.55. The molecule has 0 atom stereocenters. The Balaban J connectivity index is 1.49. The number of aryl methyl sites for hydroxylation is 1. The van der Waals surface area contributed by atoms with Crippen molar-refractivity contribution in [3.8, 4) is 22.2 Å². The number of thiophene rings is 1. The minimum atomic E-state index is -0.325. The molecule has 0 bridgehead atoms. The topological polar surface area (TPSA) is 69.6 Å². The molecule has 3 aromatic heterocycles. The number of thioether (sulfide) groups is 1. The summed E-state index contributed by atoms with van der Waals surface area (Å²) in [6.45, 7) is 1.82. The van der Waals surface area contributed by atoms with Crippen molar-refractivity contribution in [2.24, 2.45) is 7.05 Å². The minimum absolute atomic E-state index is 0.306. The number of halogens is 1. The van der Waals surface area contributed by atoms with Crippen LogP contribution in [0.2, 0.25) is 0 Å². The van der Waals surface area contributed by atoms with Crippen LogP contribution in [0, 0.1) is 12.7 Å². The van der Waals surface area contributed by atoms with Gasteiger partial charge in [-0.25, -0.2) is 4.39 Å². The Morgan fingerprint density at radius 2 is 2.15 bits per heavy atom. The van der Waals surface area contributed by atoms with E-state index >= 15 is 0 Å². The fraction of sp³-hybridized carbons (Fsp3) is 0.176. The molecule has 0 saturated carbocycles. The summed E-state index contributed by atoms with van der Waals surface area (Å²) in [6, 6.07) is 8.64.